The molecule has 0 atom stereocenters. The molecule has 1 saturated carbocycles. The first kappa shape index (κ1) is 17.7. The standard InChI is InChI=1S/C14H27N3.HI/c1-4-6-7-11-16-13(15-3)17-12-14(5-2)9-8-10-14;/h4,6H,5,7-12H2,1-3H3,(H2,15,16,17);1H/b6-4+;. The summed E-state index contributed by atoms with van der Waals surface area (Å²) in [7, 11) is 1.84. The molecule has 1 fully saturated rings. The molecule has 0 aliphatic heterocycles. The number of nitrogens with zero attached hydrogens (tertiary/aromatic N) is 1. The minimum Gasteiger partial charge on any atom is -0.356 e. The Morgan fingerprint density at radius 3 is 2.50 bits per heavy atom. The van der Waals surface area contributed by atoms with Gasteiger partial charge in [-0.15, -0.1) is 24.0 Å². The van der Waals surface area contributed by atoms with Crippen molar-refractivity contribution in [3.8, 4) is 0 Å². The van der Waals surface area contributed by atoms with Crippen molar-refractivity contribution in [2.24, 2.45) is 10.4 Å². The normalized spacial score (nSPS) is 18.1. The van der Waals surface area contributed by atoms with E-state index in [0.29, 0.717) is 5.41 Å². The van der Waals surface area contributed by atoms with Crippen LogP contribution in [-0.2, 0) is 0 Å². The van der Waals surface area contributed by atoms with Gasteiger partial charge in [0.1, 0.15) is 0 Å². The molecule has 18 heavy (non-hydrogen) atoms. The number of hydrogen-bond acceptors (Lipinski definition) is 1. The van der Waals surface area contributed by atoms with Gasteiger partial charge in [-0.05, 0) is 38.0 Å². The van der Waals surface area contributed by atoms with Crippen LogP contribution in [0, 0.1) is 5.41 Å². The first-order valence-corrected chi connectivity index (χ1v) is 6.82. The molecule has 0 heterocycles. The average Bonchev–Trinajstić information content (AvgIpc) is 2.31. The van der Waals surface area contributed by atoms with Crippen molar-refractivity contribution < 1.29 is 0 Å². The van der Waals surface area contributed by atoms with Crippen molar-refractivity contribution >= 4 is 29.9 Å². The number of nitrogens with one attached hydrogen (secondary N) is 2. The molecule has 0 spiro atoms. The Morgan fingerprint density at radius 1 is 1.33 bits per heavy atom. The van der Waals surface area contributed by atoms with Crippen LogP contribution >= 0.6 is 24.0 Å². The summed E-state index contributed by atoms with van der Waals surface area (Å²) in [6.07, 6.45) is 10.7. The third kappa shape index (κ3) is 5.59. The zero-order valence-electron chi connectivity index (χ0n) is 12.0. The largest absolute Gasteiger partial charge is 0.356 e. The summed E-state index contributed by atoms with van der Waals surface area (Å²) in [5.41, 5.74) is 0.543. The molecule has 0 aromatic heterocycles. The molecule has 3 nitrogen and oxygen atoms in total. The Bertz CT molecular complexity index is 265. The number of guanidine groups is 1. The SMILES string of the molecule is C/C=C/CCNC(=NC)NCC1(CC)CCC1.I. The second-order valence-corrected chi connectivity index (χ2v) is 4.92. The van der Waals surface area contributed by atoms with Crippen molar-refractivity contribution in [3.05, 3.63) is 12.2 Å². The number of halogens is 1. The molecule has 1 aliphatic carbocycles. The van der Waals surface area contributed by atoms with E-state index in [1.165, 1.54) is 25.7 Å². The summed E-state index contributed by atoms with van der Waals surface area (Å²) < 4.78 is 0. The van der Waals surface area contributed by atoms with Gasteiger partial charge < -0.3 is 10.6 Å². The predicted molar refractivity (Wildman–Crippen MR) is 90.8 cm³/mol. The van der Waals surface area contributed by atoms with Crippen LogP contribution in [0.4, 0.5) is 0 Å². The van der Waals surface area contributed by atoms with Crippen molar-refractivity contribution in [2.75, 3.05) is 20.1 Å². The van der Waals surface area contributed by atoms with Gasteiger partial charge in [0.2, 0.25) is 0 Å². The minimum absolute atomic E-state index is 0. The summed E-state index contributed by atoms with van der Waals surface area (Å²) in [6, 6.07) is 0. The fourth-order valence-electron chi connectivity index (χ4n) is 2.26. The molecule has 0 unspecified atom stereocenters. The maximum Gasteiger partial charge on any atom is 0.191 e. The predicted octanol–water partition coefficient (Wildman–Crippen LogP) is 3.32. The highest BCUT2D eigenvalue weighted by atomic mass is 127. The van der Waals surface area contributed by atoms with E-state index >= 15 is 0 Å². The van der Waals surface area contributed by atoms with Crippen molar-refractivity contribution in [1.29, 1.82) is 0 Å². The lowest BCUT2D eigenvalue weighted by Gasteiger charge is -2.41. The first-order valence-electron chi connectivity index (χ1n) is 6.82. The highest BCUT2D eigenvalue weighted by molar-refractivity contribution is 14.0. The molecule has 1 aliphatic rings. The molecule has 0 aromatic rings. The van der Waals surface area contributed by atoms with Gasteiger partial charge >= 0.3 is 0 Å². The van der Waals surface area contributed by atoms with E-state index in [-0.39, 0.29) is 24.0 Å². The van der Waals surface area contributed by atoms with Crippen molar-refractivity contribution in [3.63, 3.8) is 0 Å². The molecular weight excluding hydrogens is 337 g/mol. The van der Waals surface area contributed by atoms with E-state index in [1.54, 1.807) is 0 Å². The lowest BCUT2D eigenvalue weighted by atomic mass is 9.67. The lowest BCUT2D eigenvalue weighted by molar-refractivity contribution is 0.131. The Labute approximate surface area is 129 Å². The fraction of sp³-hybridized carbons (Fsp3) is 0.786. The topological polar surface area (TPSA) is 36.4 Å². The summed E-state index contributed by atoms with van der Waals surface area (Å²) >= 11 is 0. The first-order chi connectivity index (χ1) is 8.26. The third-order valence-corrected chi connectivity index (χ3v) is 3.86. The van der Waals surface area contributed by atoms with E-state index in [2.05, 4.69) is 41.6 Å². The Hall–Kier alpha value is -0.260. The van der Waals surface area contributed by atoms with Gasteiger partial charge in [0.15, 0.2) is 5.96 Å². The van der Waals surface area contributed by atoms with E-state index in [0.717, 1.165) is 25.5 Å². The van der Waals surface area contributed by atoms with Crippen LogP contribution in [0.15, 0.2) is 17.1 Å². The Morgan fingerprint density at radius 2 is 2.06 bits per heavy atom. The summed E-state index contributed by atoms with van der Waals surface area (Å²) in [5, 5.41) is 6.79. The highest BCUT2D eigenvalue weighted by Crippen LogP contribution is 2.42. The number of rotatable bonds is 6. The second kappa shape index (κ2) is 9.64. The molecule has 0 saturated heterocycles. The van der Waals surface area contributed by atoms with Crippen LogP contribution in [0.5, 0.6) is 0 Å². The maximum absolute atomic E-state index is 4.25. The molecule has 2 N–H and O–H groups in total. The number of aliphatic imine (C=N–C) groups is 1. The molecular formula is C14H28IN3. The Balaban J connectivity index is 0.00000289. The molecule has 0 aromatic carbocycles. The van der Waals surface area contributed by atoms with Crippen LogP contribution in [0.3, 0.4) is 0 Å². The van der Waals surface area contributed by atoms with Gasteiger partial charge in [0, 0.05) is 20.1 Å². The average molecular weight is 365 g/mol. The highest BCUT2D eigenvalue weighted by Gasteiger charge is 2.34. The van der Waals surface area contributed by atoms with E-state index in [1.807, 2.05) is 7.05 Å². The van der Waals surface area contributed by atoms with Gasteiger partial charge in [-0.25, -0.2) is 0 Å². The molecule has 0 bridgehead atoms. The Kier molecular flexibility index (Phi) is 9.50. The van der Waals surface area contributed by atoms with Gasteiger partial charge in [0.25, 0.3) is 0 Å². The van der Waals surface area contributed by atoms with Gasteiger partial charge in [-0.2, -0.15) is 0 Å². The summed E-state index contributed by atoms with van der Waals surface area (Å²) in [4.78, 5) is 4.25. The van der Waals surface area contributed by atoms with Gasteiger partial charge in [-0.3, -0.25) is 4.99 Å². The van der Waals surface area contributed by atoms with E-state index in [9.17, 15) is 0 Å². The lowest BCUT2D eigenvalue weighted by Crippen LogP contribution is -2.46. The zero-order chi connectivity index (χ0) is 12.6. The van der Waals surface area contributed by atoms with Crippen LogP contribution in [0.2, 0.25) is 0 Å². The third-order valence-electron chi connectivity index (χ3n) is 3.86. The van der Waals surface area contributed by atoms with Crippen LogP contribution in [0.25, 0.3) is 0 Å². The van der Waals surface area contributed by atoms with Gasteiger partial charge in [-0.1, -0.05) is 25.5 Å². The van der Waals surface area contributed by atoms with Crippen molar-refractivity contribution in [1.82, 2.24) is 10.6 Å². The smallest absolute Gasteiger partial charge is 0.191 e. The molecule has 0 amide bonds. The van der Waals surface area contributed by atoms with Gasteiger partial charge in [0.05, 0.1) is 0 Å². The second-order valence-electron chi connectivity index (χ2n) is 4.92. The maximum atomic E-state index is 4.25. The van der Waals surface area contributed by atoms with E-state index in [4.69, 9.17) is 0 Å². The number of allylic oxidation sites excluding steroid dienone is 1. The summed E-state index contributed by atoms with van der Waals surface area (Å²) in [5.74, 6) is 0.939. The molecule has 1 rings (SSSR count). The van der Waals surface area contributed by atoms with Crippen LogP contribution in [0.1, 0.15) is 46.0 Å². The van der Waals surface area contributed by atoms with Crippen LogP contribution in [-0.4, -0.2) is 26.1 Å². The molecule has 106 valence electrons. The zero-order valence-corrected chi connectivity index (χ0v) is 14.3. The molecule has 4 heteroatoms. The summed E-state index contributed by atoms with van der Waals surface area (Å²) in [6.45, 7) is 6.35. The number of hydrogen-bond donors (Lipinski definition) is 2. The minimum atomic E-state index is 0. The van der Waals surface area contributed by atoms with E-state index < -0.39 is 0 Å². The van der Waals surface area contributed by atoms with Crippen LogP contribution < -0.4 is 10.6 Å². The molecule has 0 radical (unpaired) electrons. The quantitative estimate of drug-likeness (QED) is 0.249. The van der Waals surface area contributed by atoms with Crippen molar-refractivity contribution in [2.45, 2.75) is 46.0 Å². The monoisotopic (exact) mass is 365 g/mol. The fourth-order valence-corrected chi connectivity index (χ4v) is 2.26.